The Bertz CT molecular complexity index is 1080. The van der Waals surface area contributed by atoms with Crippen molar-refractivity contribution in [2.75, 3.05) is 7.11 Å². The van der Waals surface area contributed by atoms with Gasteiger partial charge in [0, 0.05) is 25.2 Å². The molecule has 0 aliphatic heterocycles. The lowest BCUT2D eigenvalue weighted by molar-refractivity contribution is -0.140. The molecule has 204 valence electrons. The Labute approximate surface area is 221 Å². The summed E-state index contributed by atoms with van der Waals surface area (Å²) in [7, 11) is -2.66. The van der Waals surface area contributed by atoms with Gasteiger partial charge in [-0.3, -0.25) is 8.98 Å². The van der Waals surface area contributed by atoms with Crippen LogP contribution in [0.2, 0.25) is 0 Å². The maximum atomic E-state index is 13.0. The molecule has 1 saturated carbocycles. The second-order valence-electron chi connectivity index (χ2n) is 9.61. The van der Waals surface area contributed by atoms with Gasteiger partial charge in [-0.05, 0) is 57.1 Å². The first-order valence-electron chi connectivity index (χ1n) is 12.7. The number of esters is 1. The molecule has 2 rings (SSSR count). The van der Waals surface area contributed by atoms with Gasteiger partial charge in [0.25, 0.3) is 10.1 Å². The van der Waals surface area contributed by atoms with Crippen molar-refractivity contribution in [2.45, 2.75) is 82.5 Å². The Morgan fingerprint density at radius 3 is 2.59 bits per heavy atom. The van der Waals surface area contributed by atoms with Gasteiger partial charge in [0.2, 0.25) is 0 Å². The van der Waals surface area contributed by atoms with Crippen LogP contribution in [0.3, 0.4) is 0 Å². The topological polar surface area (TPSA) is 110 Å². The zero-order chi connectivity index (χ0) is 27.4. The number of hydrogen-bond donors (Lipinski definition) is 2. The molecule has 37 heavy (non-hydrogen) atoms. The molecule has 6 atom stereocenters. The van der Waals surface area contributed by atoms with Crippen molar-refractivity contribution in [1.29, 1.82) is 0 Å². The summed E-state index contributed by atoms with van der Waals surface area (Å²) in [5.41, 5.74) is 0.938. The average Bonchev–Trinajstić information content (AvgIpc) is 3.15. The number of benzene rings is 1. The van der Waals surface area contributed by atoms with Gasteiger partial charge in [-0.25, -0.2) is 0 Å². The summed E-state index contributed by atoms with van der Waals surface area (Å²) in [6.07, 6.45) is 7.88. The van der Waals surface area contributed by atoms with E-state index in [0.29, 0.717) is 32.1 Å². The van der Waals surface area contributed by atoms with Crippen LogP contribution in [0.1, 0.15) is 57.9 Å². The molecule has 0 bridgehead atoms. The number of unbranched alkanes of at least 4 members (excludes halogenated alkanes) is 1. The minimum absolute atomic E-state index is 0.0740. The Morgan fingerprint density at radius 2 is 1.95 bits per heavy atom. The van der Waals surface area contributed by atoms with Crippen molar-refractivity contribution in [3.8, 4) is 11.8 Å². The summed E-state index contributed by atoms with van der Waals surface area (Å²) in [6.45, 7) is 5.53. The molecule has 1 aromatic rings. The third-order valence-electron chi connectivity index (χ3n) is 6.72. The number of methoxy groups -OCH3 is 1. The quantitative estimate of drug-likeness (QED) is 0.128. The minimum atomic E-state index is -4.02. The zero-order valence-electron chi connectivity index (χ0n) is 22.2. The van der Waals surface area contributed by atoms with Crippen LogP contribution < -0.4 is 0 Å². The van der Waals surface area contributed by atoms with Crippen LogP contribution in [-0.4, -0.2) is 50.0 Å². The fraction of sp³-hybridized carbons (Fsp3) is 0.552. The number of allylic oxidation sites excluding steroid dienone is 2. The van der Waals surface area contributed by atoms with Gasteiger partial charge in [0.1, 0.15) is 0 Å². The average molecular weight is 533 g/mol. The number of carbonyl (C=O) groups is 1. The molecule has 1 unspecified atom stereocenters. The fourth-order valence-electron chi connectivity index (χ4n) is 4.37. The number of rotatable bonds is 13. The number of aliphatic hydroxyl groups excluding tert-OH is 2. The van der Waals surface area contributed by atoms with E-state index < -0.39 is 34.3 Å². The minimum Gasteiger partial charge on any atom is -0.469 e. The highest BCUT2D eigenvalue weighted by atomic mass is 32.2. The molecule has 0 heterocycles. The molecular weight excluding hydrogens is 492 g/mol. The highest BCUT2D eigenvalue weighted by Crippen LogP contribution is 2.40. The molecule has 2 N–H and O–H groups in total. The summed E-state index contributed by atoms with van der Waals surface area (Å²) in [6, 6.07) is 6.46. The first kappa shape index (κ1) is 30.8. The van der Waals surface area contributed by atoms with Gasteiger partial charge in [-0.2, -0.15) is 8.42 Å². The summed E-state index contributed by atoms with van der Waals surface area (Å²) in [5, 5.41) is 21.4. The fourth-order valence-corrected chi connectivity index (χ4v) is 5.50. The van der Waals surface area contributed by atoms with Gasteiger partial charge in [-0.1, -0.05) is 48.9 Å². The molecule has 0 saturated heterocycles. The SMILES string of the molecule is CC#CCC(C)[C@H](O)C=C[C@@H]1[C@@H](CC=CCCCC(=O)OC)[C@H](OS(=O)(=O)c2ccc(C)cc2)C[C@H]1O. The Kier molecular flexibility index (Phi) is 12.6. The normalized spacial score (nSPS) is 23.6. The number of hydrogen-bond acceptors (Lipinski definition) is 7. The van der Waals surface area contributed by atoms with Gasteiger partial charge >= 0.3 is 5.97 Å². The van der Waals surface area contributed by atoms with E-state index in [0.717, 1.165) is 5.56 Å². The lowest BCUT2D eigenvalue weighted by Gasteiger charge is -2.23. The van der Waals surface area contributed by atoms with E-state index in [1.165, 1.54) is 19.2 Å². The molecule has 1 aliphatic rings. The lowest BCUT2D eigenvalue weighted by Crippen LogP contribution is -2.25. The van der Waals surface area contributed by atoms with Crippen LogP contribution in [0.5, 0.6) is 0 Å². The largest absolute Gasteiger partial charge is 0.469 e. The van der Waals surface area contributed by atoms with E-state index in [-0.39, 0.29) is 29.1 Å². The van der Waals surface area contributed by atoms with E-state index in [2.05, 4.69) is 16.6 Å². The Morgan fingerprint density at radius 1 is 1.24 bits per heavy atom. The Hall–Kier alpha value is -2.44. The second kappa shape index (κ2) is 15.1. The van der Waals surface area contributed by atoms with Crippen LogP contribution in [0, 0.1) is 36.5 Å². The van der Waals surface area contributed by atoms with Crippen LogP contribution in [0.4, 0.5) is 0 Å². The molecule has 7 nitrogen and oxygen atoms in total. The first-order valence-corrected chi connectivity index (χ1v) is 14.2. The predicted octanol–water partition coefficient (Wildman–Crippen LogP) is 4.32. The van der Waals surface area contributed by atoms with Crippen LogP contribution >= 0.6 is 0 Å². The second-order valence-corrected chi connectivity index (χ2v) is 11.2. The monoisotopic (exact) mass is 532 g/mol. The van der Waals surface area contributed by atoms with Crippen molar-refractivity contribution < 1.29 is 32.3 Å². The smallest absolute Gasteiger partial charge is 0.305 e. The zero-order valence-corrected chi connectivity index (χ0v) is 23.0. The Balaban J connectivity index is 2.18. The predicted molar refractivity (Wildman–Crippen MR) is 143 cm³/mol. The van der Waals surface area contributed by atoms with Gasteiger partial charge in [0.05, 0.1) is 30.3 Å². The third-order valence-corrected chi connectivity index (χ3v) is 8.07. The van der Waals surface area contributed by atoms with Crippen molar-refractivity contribution >= 4 is 16.1 Å². The van der Waals surface area contributed by atoms with E-state index >= 15 is 0 Å². The molecule has 0 aromatic heterocycles. The molecule has 1 aromatic carbocycles. The number of aliphatic hydroxyl groups is 2. The molecule has 8 heteroatoms. The van der Waals surface area contributed by atoms with E-state index in [4.69, 9.17) is 4.18 Å². The van der Waals surface area contributed by atoms with E-state index in [9.17, 15) is 23.4 Å². The maximum Gasteiger partial charge on any atom is 0.305 e. The van der Waals surface area contributed by atoms with Crippen molar-refractivity contribution in [2.24, 2.45) is 17.8 Å². The number of aryl methyl sites for hydroxylation is 1. The van der Waals surface area contributed by atoms with Crippen molar-refractivity contribution in [3.63, 3.8) is 0 Å². The van der Waals surface area contributed by atoms with Crippen LogP contribution in [-0.2, 0) is 23.8 Å². The van der Waals surface area contributed by atoms with Crippen LogP contribution in [0.25, 0.3) is 0 Å². The van der Waals surface area contributed by atoms with E-state index in [1.807, 2.05) is 26.0 Å². The number of ether oxygens (including phenoxy) is 1. The molecule has 0 radical (unpaired) electrons. The summed E-state index contributed by atoms with van der Waals surface area (Å²) < 4.78 is 36.3. The summed E-state index contributed by atoms with van der Waals surface area (Å²) in [4.78, 5) is 11.4. The molecule has 0 spiro atoms. The molecule has 0 amide bonds. The highest BCUT2D eigenvalue weighted by Gasteiger charge is 2.43. The van der Waals surface area contributed by atoms with E-state index in [1.54, 1.807) is 31.2 Å². The van der Waals surface area contributed by atoms with Crippen molar-refractivity contribution in [1.82, 2.24) is 0 Å². The van der Waals surface area contributed by atoms with Crippen molar-refractivity contribution in [3.05, 3.63) is 54.1 Å². The van der Waals surface area contributed by atoms with Gasteiger partial charge < -0.3 is 14.9 Å². The molecule has 1 fully saturated rings. The first-order chi connectivity index (χ1) is 17.6. The lowest BCUT2D eigenvalue weighted by atomic mass is 9.89. The van der Waals surface area contributed by atoms with Gasteiger partial charge in [0.15, 0.2) is 0 Å². The summed E-state index contributed by atoms with van der Waals surface area (Å²) >= 11 is 0. The summed E-state index contributed by atoms with van der Waals surface area (Å²) in [5.74, 6) is 4.74. The van der Waals surface area contributed by atoms with Crippen LogP contribution in [0.15, 0.2) is 53.5 Å². The number of carbonyl (C=O) groups excluding carboxylic acids is 1. The molecule has 1 aliphatic carbocycles. The highest BCUT2D eigenvalue weighted by molar-refractivity contribution is 7.86. The standard InChI is InChI=1S/C29H40O7S/c1-5-6-11-22(3)26(30)19-18-24-25(12-9-7-8-10-13-29(32)35-4)28(20-27(24)31)36-37(33,34)23-16-14-21(2)15-17-23/h7,9,14-19,22,24-28,30-31H,8,10-13,20H2,1-4H3/t22?,24-,25-,26-,27-,28-/m1/s1. The van der Waals surface area contributed by atoms with Gasteiger partial charge in [-0.15, -0.1) is 11.8 Å². The third kappa shape index (κ3) is 9.75. The maximum absolute atomic E-state index is 13.0. The molecular formula is C29H40O7S.